The van der Waals surface area contributed by atoms with E-state index in [-0.39, 0.29) is 9.99 Å². The Morgan fingerprint density at radius 1 is 1.53 bits per heavy atom. The average molecular weight is 328 g/mol. The molecule has 0 saturated heterocycles. The van der Waals surface area contributed by atoms with Crippen molar-refractivity contribution in [3.05, 3.63) is 21.4 Å². The van der Waals surface area contributed by atoms with Gasteiger partial charge in [0.05, 0.1) is 16.1 Å². The van der Waals surface area contributed by atoms with Crippen molar-refractivity contribution in [1.29, 1.82) is 5.26 Å². The monoisotopic (exact) mass is 328 g/mol. The van der Waals surface area contributed by atoms with Gasteiger partial charge in [0, 0.05) is 6.20 Å². The van der Waals surface area contributed by atoms with E-state index in [9.17, 15) is 13.2 Å². The second-order valence-electron chi connectivity index (χ2n) is 2.47. The third kappa shape index (κ3) is 3.54. The highest BCUT2D eigenvalue weighted by Gasteiger charge is 2.33. The van der Waals surface area contributed by atoms with E-state index in [0.29, 0.717) is 5.56 Å². The number of nitrogens with zero attached hydrogens (tertiary/aromatic N) is 2. The van der Waals surface area contributed by atoms with Gasteiger partial charge in [0.1, 0.15) is 0 Å². The van der Waals surface area contributed by atoms with Crippen LogP contribution >= 0.6 is 22.6 Å². The lowest BCUT2D eigenvalue weighted by Gasteiger charge is -2.10. The average Bonchev–Trinajstić information content (AvgIpc) is 2.10. The van der Waals surface area contributed by atoms with Crippen molar-refractivity contribution in [1.82, 2.24) is 4.98 Å². The van der Waals surface area contributed by atoms with Gasteiger partial charge in [-0.1, -0.05) is 0 Å². The summed E-state index contributed by atoms with van der Waals surface area (Å²) in [7, 11) is 0. The summed E-state index contributed by atoms with van der Waals surface area (Å²) in [5.74, 6) is -0.518. The predicted octanol–water partition coefficient (Wildman–Crippen LogP) is 2.65. The molecule has 1 aromatic heterocycles. The third-order valence-electron chi connectivity index (χ3n) is 1.42. The van der Waals surface area contributed by atoms with Crippen LogP contribution in [0.3, 0.4) is 0 Å². The van der Waals surface area contributed by atoms with Gasteiger partial charge in [-0.15, -0.1) is 13.2 Å². The molecule has 7 heteroatoms. The molecule has 1 heterocycles. The second-order valence-corrected chi connectivity index (χ2v) is 3.55. The molecule has 0 spiro atoms. The summed E-state index contributed by atoms with van der Waals surface area (Å²) in [5, 5.41) is 8.43. The van der Waals surface area contributed by atoms with Crippen LogP contribution in [0.2, 0.25) is 0 Å². The van der Waals surface area contributed by atoms with Gasteiger partial charge in [-0.2, -0.15) is 5.26 Å². The van der Waals surface area contributed by atoms with Crippen molar-refractivity contribution < 1.29 is 17.9 Å². The van der Waals surface area contributed by atoms with Gasteiger partial charge in [0.15, 0.2) is 0 Å². The standard InChI is InChI=1S/C8H4F3IN2O/c9-8(10,11)15-7-6(12)5(1-3-13)2-4-14-7/h2,4H,1H2. The van der Waals surface area contributed by atoms with Crippen molar-refractivity contribution in [3.63, 3.8) is 0 Å². The fourth-order valence-corrected chi connectivity index (χ4v) is 1.48. The number of hydrogen-bond acceptors (Lipinski definition) is 3. The summed E-state index contributed by atoms with van der Waals surface area (Å²) >= 11 is 1.67. The minimum absolute atomic E-state index is 0.0228. The van der Waals surface area contributed by atoms with E-state index in [2.05, 4.69) is 9.72 Å². The number of ether oxygens (including phenoxy) is 1. The number of alkyl halides is 3. The second kappa shape index (κ2) is 4.65. The fraction of sp³-hybridized carbons (Fsp3) is 0.250. The van der Waals surface area contributed by atoms with Crippen LogP contribution in [-0.4, -0.2) is 11.3 Å². The molecule has 0 radical (unpaired) electrons. The van der Waals surface area contributed by atoms with Crippen LogP contribution in [0.4, 0.5) is 13.2 Å². The smallest absolute Gasteiger partial charge is 0.387 e. The van der Waals surface area contributed by atoms with Crippen LogP contribution in [0.15, 0.2) is 12.3 Å². The van der Waals surface area contributed by atoms with Crippen LogP contribution < -0.4 is 4.74 Å². The lowest BCUT2D eigenvalue weighted by atomic mass is 10.2. The Kier molecular flexibility index (Phi) is 3.73. The van der Waals surface area contributed by atoms with Gasteiger partial charge < -0.3 is 4.74 Å². The first-order valence-corrected chi connectivity index (χ1v) is 4.78. The number of rotatable bonds is 2. The molecule has 3 nitrogen and oxygen atoms in total. The summed E-state index contributed by atoms with van der Waals surface area (Å²) in [6.45, 7) is 0. The van der Waals surface area contributed by atoms with Crippen molar-refractivity contribution in [2.75, 3.05) is 0 Å². The fourth-order valence-electron chi connectivity index (χ4n) is 0.865. The zero-order valence-electron chi connectivity index (χ0n) is 7.18. The molecule has 0 aliphatic heterocycles. The Labute approximate surface area is 97.0 Å². The van der Waals surface area contributed by atoms with Crippen LogP contribution in [-0.2, 0) is 6.42 Å². The van der Waals surface area contributed by atoms with E-state index in [4.69, 9.17) is 5.26 Å². The molecular weight excluding hydrogens is 324 g/mol. The summed E-state index contributed by atoms with van der Waals surface area (Å²) in [6, 6.07) is 3.33. The van der Waals surface area contributed by atoms with Crippen molar-refractivity contribution >= 4 is 22.6 Å². The molecule has 0 aliphatic carbocycles. The Morgan fingerprint density at radius 2 is 2.20 bits per heavy atom. The quantitative estimate of drug-likeness (QED) is 0.784. The Hall–Kier alpha value is -1.04. The van der Waals surface area contributed by atoms with Crippen molar-refractivity contribution in [2.45, 2.75) is 12.8 Å². The van der Waals surface area contributed by atoms with E-state index >= 15 is 0 Å². The Balaban J connectivity index is 3.00. The van der Waals surface area contributed by atoms with Crippen LogP contribution in [0.5, 0.6) is 5.88 Å². The van der Waals surface area contributed by atoms with Crippen LogP contribution in [0, 0.1) is 14.9 Å². The zero-order chi connectivity index (χ0) is 11.5. The Bertz CT molecular complexity index is 400. The molecule has 0 fully saturated rings. The highest BCUT2D eigenvalue weighted by atomic mass is 127. The zero-order valence-corrected chi connectivity index (χ0v) is 9.33. The molecule has 80 valence electrons. The van der Waals surface area contributed by atoms with Gasteiger partial charge in [0.25, 0.3) is 0 Å². The summed E-state index contributed by atoms with van der Waals surface area (Å²) in [5.41, 5.74) is 0.465. The molecule has 0 N–H and O–H groups in total. The lowest BCUT2D eigenvalue weighted by Crippen LogP contribution is -2.19. The molecular formula is C8H4F3IN2O. The molecule has 0 aliphatic rings. The first-order chi connectivity index (χ1) is 6.94. The number of hydrogen-bond donors (Lipinski definition) is 0. The molecule has 15 heavy (non-hydrogen) atoms. The maximum atomic E-state index is 11.9. The van der Waals surface area contributed by atoms with E-state index in [0.717, 1.165) is 0 Å². The van der Waals surface area contributed by atoms with E-state index in [1.165, 1.54) is 12.3 Å². The van der Waals surface area contributed by atoms with Crippen LogP contribution in [0.25, 0.3) is 0 Å². The summed E-state index contributed by atoms with van der Waals surface area (Å²) in [4.78, 5) is 3.45. The van der Waals surface area contributed by atoms with Crippen LogP contribution in [0.1, 0.15) is 5.56 Å². The first kappa shape index (κ1) is 12.0. The van der Waals surface area contributed by atoms with Gasteiger partial charge in [-0.25, -0.2) is 4.98 Å². The summed E-state index contributed by atoms with van der Waals surface area (Å²) in [6.07, 6.45) is -3.57. The Morgan fingerprint density at radius 3 is 2.73 bits per heavy atom. The van der Waals surface area contributed by atoms with Gasteiger partial charge in [-0.3, -0.25) is 0 Å². The van der Waals surface area contributed by atoms with Gasteiger partial charge >= 0.3 is 6.36 Å². The maximum absolute atomic E-state index is 11.9. The lowest BCUT2D eigenvalue weighted by molar-refractivity contribution is -0.276. The number of pyridine rings is 1. The predicted molar refractivity (Wildman–Crippen MR) is 53.0 cm³/mol. The van der Waals surface area contributed by atoms with Gasteiger partial charge in [0.2, 0.25) is 5.88 Å². The number of aromatic nitrogens is 1. The maximum Gasteiger partial charge on any atom is 0.574 e. The molecule has 0 aromatic carbocycles. The molecule has 0 unspecified atom stereocenters. The van der Waals surface area contributed by atoms with E-state index in [1.807, 2.05) is 6.07 Å². The molecule has 0 atom stereocenters. The largest absolute Gasteiger partial charge is 0.574 e. The van der Waals surface area contributed by atoms with Crippen molar-refractivity contribution in [2.24, 2.45) is 0 Å². The van der Waals surface area contributed by atoms with Gasteiger partial charge in [-0.05, 0) is 34.2 Å². The minimum Gasteiger partial charge on any atom is -0.387 e. The molecule has 0 bridgehead atoms. The topological polar surface area (TPSA) is 45.9 Å². The number of nitriles is 1. The van der Waals surface area contributed by atoms with E-state index in [1.54, 1.807) is 22.6 Å². The SMILES string of the molecule is N#CCc1ccnc(OC(F)(F)F)c1I. The molecule has 1 aromatic rings. The molecule has 0 amide bonds. The van der Waals surface area contributed by atoms with E-state index < -0.39 is 12.2 Å². The highest BCUT2D eigenvalue weighted by Crippen LogP contribution is 2.27. The first-order valence-electron chi connectivity index (χ1n) is 3.70. The minimum atomic E-state index is -4.77. The highest BCUT2D eigenvalue weighted by molar-refractivity contribution is 14.1. The normalized spacial score (nSPS) is 10.9. The van der Waals surface area contributed by atoms with Crippen molar-refractivity contribution in [3.8, 4) is 11.9 Å². The molecule has 1 rings (SSSR count). The third-order valence-corrected chi connectivity index (χ3v) is 2.57. The number of halogens is 4. The molecule has 0 saturated carbocycles. The summed E-state index contributed by atoms with van der Waals surface area (Å²) < 4.78 is 39.6.